The molecule has 0 aliphatic heterocycles. The predicted molar refractivity (Wildman–Crippen MR) is 97.9 cm³/mol. The first kappa shape index (κ1) is 21.0. The van der Waals surface area contributed by atoms with Crippen molar-refractivity contribution in [3.8, 4) is 0 Å². The molecule has 1 nitrogen and oxygen atoms in total. The molecule has 0 aliphatic carbocycles. The lowest BCUT2D eigenvalue weighted by molar-refractivity contribution is 0.0850. The van der Waals surface area contributed by atoms with E-state index in [2.05, 4.69) is 53.4 Å². The van der Waals surface area contributed by atoms with Crippen LogP contribution in [0.25, 0.3) is 0 Å². The molecule has 0 spiro atoms. The number of unbranched alkanes of at least 4 members (excludes halogenated alkanes) is 2. The molecule has 0 heterocycles. The number of rotatable bonds is 12. The second kappa shape index (κ2) is 11.5. The second-order valence-electron chi connectivity index (χ2n) is 7.91. The van der Waals surface area contributed by atoms with E-state index in [0.717, 1.165) is 11.8 Å². The summed E-state index contributed by atoms with van der Waals surface area (Å²) in [5.41, 5.74) is 0.305. The molecular weight excluding hydrogens is 254 g/mol. The standard InChI is InChI=1S/C20H43N/c1-8-12-14-18(10-3)16-21(20(5,6)7)17-19(11-4)15-13-9-2/h18-19H,8-17H2,1-7H3. The summed E-state index contributed by atoms with van der Waals surface area (Å²) in [7, 11) is 0. The Bertz CT molecular complexity index is 210. The van der Waals surface area contributed by atoms with Crippen molar-refractivity contribution in [2.75, 3.05) is 13.1 Å². The second-order valence-corrected chi connectivity index (χ2v) is 7.91. The van der Waals surface area contributed by atoms with E-state index in [1.54, 1.807) is 0 Å². The Morgan fingerprint density at radius 3 is 1.33 bits per heavy atom. The molecule has 1 heteroatoms. The fourth-order valence-corrected chi connectivity index (χ4v) is 3.08. The summed E-state index contributed by atoms with van der Waals surface area (Å²) >= 11 is 0. The molecule has 0 N–H and O–H groups in total. The van der Waals surface area contributed by atoms with Crippen LogP contribution in [-0.2, 0) is 0 Å². The SMILES string of the molecule is CCCCC(CC)CN(CC(CC)CCCC)C(C)(C)C. The maximum atomic E-state index is 2.78. The lowest BCUT2D eigenvalue weighted by Gasteiger charge is -2.40. The van der Waals surface area contributed by atoms with Gasteiger partial charge >= 0.3 is 0 Å². The molecule has 0 fully saturated rings. The molecule has 2 unspecified atom stereocenters. The molecule has 2 atom stereocenters. The van der Waals surface area contributed by atoms with E-state index in [1.165, 1.54) is 64.5 Å². The van der Waals surface area contributed by atoms with Crippen molar-refractivity contribution in [3.05, 3.63) is 0 Å². The third-order valence-electron chi connectivity index (χ3n) is 4.99. The fraction of sp³-hybridized carbons (Fsp3) is 1.00. The van der Waals surface area contributed by atoms with E-state index in [4.69, 9.17) is 0 Å². The Balaban J connectivity index is 4.63. The van der Waals surface area contributed by atoms with Gasteiger partial charge in [0.25, 0.3) is 0 Å². The lowest BCUT2D eigenvalue weighted by atomic mass is 9.92. The monoisotopic (exact) mass is 297 g/mol. The first-order chi connectivity index (χ1) is 9.88. The van der Waals surface area contributed by atoms with Crippen molar-refractivity contribution < 1.29 is 0 Å². The zero-order chi connectivity index (χ0) is 16.3. The van der Waals surface area contributed by atoms with E-state index in [-0.39, 0.29) is 0 Å². The van der Waals surface area contributed by atoms with Crippen LogP contribution in [-0.4, -0.2) is 23.5 Å². The third kappa shape index (κ3) is 9.55. The van der Waals surface area contributed by atoms with Crippen molar-refractivity contribution in [1.82, 2.24) is 4.90 Å². The van der Waals surface area contributed by atoms with Crippen LogP contribution in [0.15, 0.2) is 0 Å². The first-order valence-electron chi connectivity index (χ1n) is 9.63. The highest BCUT2D eigenvalue weighted by Crippen LogP contribution is 2.24. The summed E-state index contributed by atoms with van der Waals surface area (Å²) in [5, 5.41) is 0. The van der Waals surface area contributed by atoms with Crippen molar-refractivity contribution in [2.45, 2.75) is 105 Å². The van der Waals surface area contributed by atoms with E-state index < -0.39 is 0 Å². The van der Waals surface area contributed by atoms with E-state index in [9.17, 15) is 0 Å². The smallest absolute Gasteiger partial charge is 0.0125 e. The van der Waals surface area contributed by atoms with Gasteiger partial charge in [-0.05, 0) is 45.4 Å². The summed E-state index contributed by atoms with van der Waals surface area (Å²) in [6.45, 7) is 19.1. The molecule has 0 amide bonds. The lowest BCUT2D eigenvalue weighted by Crippen LogP contribution is -2.46. The van der Waals surface area contributed by atoms with Crippen molar-refractivity contribution in [2.24, 2.45) is 11.8 Å². The van der Waals surface area contributed by atoms with Crippen LogP contribution in [0.2, 0.25) is 0 Å². The highest BCUT2D eigenvalue weighted by Gasteiger charge is 2.25. The number of nitrogens with zero attached hydrogens (tertiary/aromatic N) is 1. The molecule has 0 bridgehead atoms. The Morgan fingerprint density at radius 1 is 0.714 bits per heavy atom. The fourth-order valence-electron chi connectivity index (χ4n) is 3.08. The van der Waals surface area contributed by atoms with E-state index in [1.807, 2.05) is 0 Å². The van der Waals surface area contributed by atoms with Crippen LogP contribution in [0.4, 0.5) is 0 Å². The van der Waals surface area contributed by atoms with Gasteiger partial charge in [0.2, 0.25) is 0 Å². The summed E-state index contributed by atoms with van der Waals surface area (Å²) in [4.78, 5) is 2.78. The quantitative estimate of drug-likeness (QED) is 0.396. The molecule has 0 aromatic heterocycles. The van der Waals surface area contributed by atoms with Gasteiger partial charge in [-0.3, -0.25) is 4.90 Å². The summed E-state index contributed by atoms with van der Waals surface area (Å²) < 4.78 is 0. The minimum Gasteiger partial charge on any atom is -0.298 e. The van der Waals surface area contributed by atoms with Gasteiger partial charge in [0.05, 0.1) is 0 Å². The molecule has 0 aromatic carbocycles. The molecule has 0 radical (unpaired) electrons. The van der Waals surface area contributed by atoms with Gasteiger partial charge in [0.1, 0.15) is 0 Å². The van der Waals surface area contributed by atoms with Crippen LogP contribution in [0.1, 0.15) is 99.8 Å². The minimum atomic E-state index is 0.305. The first-order valence-corrected chi connectivity index (χ1v) is 9.63. The normalized spacial score (nSPS) is 15.4. The minimum absolute atomic E-state index is 0.305. The van der Waals surface area contributed by atoms with Gasteiger partial charge in [0.15, 0.2) is 0 Å². The van der Waals surface area contributed by atoms with Crippen LogP contribution >= 0.6 is 0 Å². The van der Waals surface area contributed by atoms with Crippen LogP contribution < -0.4 is 0 Å². The average molecular weight is 298 g/mol. The third-order valence-corrected chi connectivity index (χ3v) is 4.99. The number of hydrogen-bond donors (Lipinski definition) is 0. The maximum Gasteiger partial charge on any atom is 0.0125 e. The molecule has 128 valence electrons. The highest BCUT2D eigenvalue weighted by molar-refractivity contribution is 4.80. The van der Waals surface area contributed by atoms with Crippen molar-refractivity contribution >= 4 is 0 Å². The molecular formula is C20H43N. The topological polar surface area (TPSA) is 3.24 Å². The van der Waals surface area contributed by atoms with Crippen molar-refractivity contribution in [3.63, 3.8) is 0 Å². The Morgan fingerprint density at radius 2 is 1.10 bits per heavy atom. The van der Waals surface area contributed by atoms with Gasteiger partial charge in [-0.15, -0.1) is 0 Å². The molecule has 0 aromatic rings. The molecule has 0 saturated heterocycles. The predicted octanol–water partition coefficient (Wildman–Crippen LogP) is 6.52. The van der Waals surface area contributed by atoms with Gasteiger partial charge < -0.3 is 0 Å². The zero-order valence-corrected chi connectivity index (χ0v) is 16.2. The molecule has 0 aliphatic rings. The van der Waals surface area contributed by atoms with Crippen LogP contribution in [0, 0.1) is 11.8 Å². The molecule has 0 rings (SSSR count). The molecule has 0 saturated carbocycles. The summed E-state index contributed by atoms with van der Waals surface area (Å²) in [5.74, 6) is 1.76. The summed E-state index contributed by atoms with van der Waals surface area (Å²) in [6, 6.07) is 0. The van der Waals surface area contributed by atoms with Crippen LogP contribution in [0.5, 0.6) is 0 Å². The highest BCUT2D eigenvalue weighted by atomic mass is 15.2. The van der Waals surface area contributed by atoms with Gasteiger partial charge in [-0.1, -0.05) is 66.2 Å². The van der Waals surface area contributed by atoms with Crippen molar-refractivity contribution in [1.29, 1.82) is 0 Å². The zero-order valence-electron chi connectivity index (χ0n) is 16.2. The maximum absolute atomic E-state index is 2.78. The van der Waals surface area contributed by atoms with E-state index >= 15 is 0 Å². The Kier molecular flexibility index (Phi) is 11.5. The summed E-state index contributed by atoms with van der Waals surface area (Å²) in [6.07, 6.45) is 10.9. The molecule has 21 heavy (non-hydrogen) atoms. The largest absolute Gasteiger partial charge is 0.298 e. The Labute approximate surface area is 135 Å². The number of hydrogen-bond acceptors (Lipinski definition) is 1. The average Bonchev–Trinajstić information content (AvgIpc) is 2.44. The van der Waals surface area contributed by atoms with Gasteiger partial charge in [0, 0.05) is 18.6 Å². The van der Waals surface area contributed by atoms with Gasteiger partial charge in [-0.2, -0.15) is 0 Å². The Hall–Kier alpha value is -0.0400. The van der Waals surface area contributed by atoms with Crippen LogP contribution in [0.3, 0.4) is 0 Å². The van der Waals surface area contributed by atoms with E-state index in [0.29, 0.717) is 5.54 Å². The van der Waals surface area contributed by atoms with Gasteiger partial charge in [-0.25, -0.2) is 0 Å².